The van der Waals surface area contributed by atoms with Gasteiger partial charge in [-0.15, -0.1) is 12.4 Å². The van der Waals surface area contributed by atoms with Crippen LogP contribution >= 0.6 is 12.4 Å². The largest absolute Gasteiger partial charge is 0.337 e. The number of nitrogens with one attached hydrogen (secondary N) is 2. The zero-order valence-corrected chi connectivity index (χ0v) is 15.4. The van der Waals surface area contributed by atoms with E-state index in [1.165, 1.54) is 12.8 Å². The Labute approximate surface area is 151 Å². The molecule has 3 amide bonds. The molecule has 0 bridgehead atoms. The van der Waals surface area contributed by atoms with Crippen LogP contribution in [-0.4, -0.2) is 66.5 Å². The van der Waals surface area contributed by atoms with E-state index >= 15 is 0 Å². The van der Waals surface area contributed by atoms with E-state index in [2.05, 4.69) is 17.6 Å². The third-order valence-corrected chi connectivity index (χ3v) is 5.52. The molecule has 1 aliphatic carbocycles. The fraction of sp³-hybridized carbons (Fsp3) is 0.882. The molecule has 6 nitrogen and oxygen atoms in total. The molecule has 3 fully saturated rings. The molecule has 138 valence electrons. The molecule has 0 aromatic rings. The summed E-state index contributed by atoms with van der Waals surface area (Å²) >= 11 is 0. The minimum Gasteiger partial charge on any atom is -0.337 e. The van der Waals surface area contributed by atoms with Crippen LogP contribution in [0.15, 0.2) is 0 Å². The number of nitrogens with zero attached hydrogens (tertiary/aromatic N) is 2. The van der Waals surface area contributed by atoms with Crippen LogP contribution in [0.5, 0.6) is 0 Å². The molecule has 3 aliphatic rings. The average Bonchev–Trinajstić information content (AvgIpc) is 3.08. The molecule has 0 aromatic carbocycles. The highest BCUT2D eigenvalue weighted by molar-refractivity contribution is 5.85. The van der Waals surface area contributed by atoms with Crippen LogP contribution in [0, 0.1) is 5.92 Å². The Morgan fingerprint density at radius 1 is 1.08 bits per heavy atom. The summed E-state index contributed by atoms with van der Waals surface area (Å²) in [5.74, 6) is 0.205. The van der Waals surface area contributed by atoms with Crippen LogP contribution in [-0.2, 0) is 4.79 Å². The number of hydrogen-bond donors (Lipinski definition) is 2. The topological polar surface area (TPSA) is 64.7 Å². The lowest BCUT2D eigenvalue weighted by molar-refractivity contribution is -0.139. The van der Waals surface area contributed by atoms with Crippen LogP contribution < -0.4 is 10.6 Å². The average molecular weight is 359 g/mol. The molecular weight excluding hydrogens is 328 g/mol. The van der Waals surface area contributed by atoms with Gasteiger partial charge >= 0.3 is 6.03 Å². The summed E-state index contributed by atoms with van der Waals surface area (Å²) in [6.45, 7) is 5.97. The quantitative estimate of drug-likeness (QED) is 0.788. The van der Waals surface area contributed by atoms with Crippen LogP contribution in [0.1, 0.15) is 45.4 Å². The number of piperidine rings is 1. The van der Waals surface area contributed by atoms with Crippen molar-refractivity contribution in [1.29, 1.82) is 0 Å². The maximum absolute atomic E-state index is 12.8. The summed E-state index contributed by atoms with van der Waals surface area (Å²) in [5.41, 5.74) is 0. The predicted molar refractivity (Wildman–Crippen MR) is 96.4 cm³/mol. The molecule has 24 heavy (non-hydrogen) atoms. The van der Waals surface area contributed by atoms with Gasteiger partial charge in [0.1, 0.15) is 0 Å². The molecule has 1 unspecified atom stereocenters. The van der Waals surface area contributed by atoms with E-state index in [1.54, 1.807) is 0 Å². The Morgan fingerprint density at radius 3 is 2.54 bits per heavy atom. The lowest BCUT2D eigenvalue weighted by Crippen LogP contribution is -2.56. The Balaban J connectivity index is 0.00000208. The van der Waals surface area contributed by atoms with Gasteiger partial charge in [0.15, 0.2) is 0 Å². The van der Waals surface area contributed by atoms with Gasteiger partial charge in [0.25, 0.3) is 0 Å². The number of rotatable bonds is 2. The highest BCUT2D eigenvalue weighted by Crippen LogP contribution is 2.22. The molecule has 2 atom stereocenters. The highest BCUT2D eigenvalue weighted by Gasteiger charge is 2.34. The summed E-state index contributed by atoms with van der Waals surface area (Å²) < 4.78 is 0. The first-order valence-electron chi connectivity index (χ1n) is 9.22. The zero-order chi connectivity index (χ0) is 16.2. The summed E-state index contributed by atoms with van der Waals surface area (Å²) in [4.78, 5) is 29.1. The number of hydrogen-bond acceptors (Lipinski definition) is 3. The van der Waals surface area contributed by atoms with Gasteiger partial charge in [-0.25, -0.2) is 4.79 Å². The Morgan fingerprint density at radius 2 is 1.83 bits per heavy atom. The van der Waals surface area contributed by atoms with Gasteiger partial charge in [0.2, 0.25) is 5.91 Å². The molecule has 0 radical (unpaired) electrons. The fourth-order valence-electron chi connectivity index (χ4n) is 4.10. The van der Waals surface area contributed by atoms with Gasteiger partial charge in [0.05, 0.1) is 5.92 Å². The Bertz CT molecular complexity index is 442. The monoisotopic (exact) mass is 358 g/mol. The number of piperazine rings is 1. The second kappa shape index (κ2) is 8.90. The van der Waals surface area contributed by atoms with Crippen molar-refractivity contribution in [2.45, 2.75) is 57.5 Å². The van der Waals surface area contributed by atoms with Gasteiger partial charge in [-0.05, 0) is 32.6 Å². The highest BCUT2D eigenvalue weighted by atomic mass is 35.5. The number of halogens is 1. The lowest BCUT2D eigenvalue weighted by atomic mass is 9.95. The molecule has 2 saturated heterocycles. The summed E-state index contributed by atoms with van der Waals surface area (Å²) in [6.07, 6.45) is 6.46. The van der Waals surface area contributed by atoms with Crippen LogP contribution in [0.4, 0.5) is 4.79 Å². The molecule has 2 N–H and O–H groups in total. The minimum atomic E-state index is -0.0290. The van der Waals surface area contributed by atoms with Crippen molar-refractivity contribution in [1.82, 2.24) is 20.4 Å². The second-order valence-electron chi connectivity index (χ2n) is 7.30. The number of likely N-dealkylation sites (tertiary alicyclic amines) is 1. The van der Waals surface area contributed by atoms with Gasteiger partial charge in [-0.2, -0.15) is 0 Å². The van der Waals surface area contributed by atoms with Crippen molar-refractivity contribution in [2.75, 3.05) is 32.7 Å². The van der Waals surface area contributed by atoms with E-state index in [4.69, 9.17) is 0 Å². The predicted octanol–water partition coefficient (Wildman–Crippen LogP) is 1.59. The van der Waals surface area contributed by atoms with E-state index in [0.29, 0.717) is 12.6 Å². The van der Waals surface area contributed by atoms with E-state index in [0.717, 1.165) is 51.9 Å². The van der Waals surface area contributed by atoms with Crippen LogP contribution in [0.25, 0.3) is 0 Å². The minimum absolute atomic E-state index is 0. The smallest absolute Gasteiger partial charge is 0.317 e. The van der Waals surface area contributed by atoms with Crippen molar-refractivity contribution >= 4 is 24.3 Å². The number of carbonyl (C=O) groups is 2. The molecule has 0 aromatic heterocycles. The van der Waals surface area contributed by atoms with E-state index < -0.39 is 0 Å². The molecule has 2 aliphatic heterocycles. The Hall–Kier alpha value is -1.01. The van der Waals surface area contributed by atoms with E-state index in [9.17, 15) is 9.59 Å². The van der Waals surface area contributed by atoms with Gasteiger partial charge in [0, 0.05) is 44.8 Å². The zero-order valence-electron chi connectivity index (χ0n) is 14.6. The fourth-order valence-corrected chi connectivity index (χ4v) is 4.10. The van der Waals surface area contributed by atoms with Crippen molar-refractivity contribution in [3.05, 3.63) is 0 Å². The number of urea groups is 1. The maximum Gasteiger partial charge on any atom is 0.317 e. The second-order valence-corrected chi connectivity index (χ2v) is 7.30. The standard InChI is InChI=1S/C17H30N4O2.ClH/c1-13-11-18-8-10-21(13)16(22)14-5-4-9-20(12-14)17(23)19-15-6-2-3-7-15;/h13-15,18H,2-12H2,1H3,(H,19,23);1H/t13-,14?;/m1./s1. The Kier molecular flexibility index (Phi) is 7.16. The van der Waals surface area contributed by atoms with Crippen molar-refractivity contribution < 1.29 is 9.59 Å². The van der Waals surface area contributed by atoms with E-state index in [-0.39, 0.29) is 36.3 Å². The van der Waals surface area contributed by atoms with Gasteiger partial charge in [-0.3, -0.25) is 4.79 Å². The lowest BCUT2D eigenvalue weighted by Gasteiger charge is -2.39. The summed E-state index contributed by atoms with van der Waals surface area (Å²) in [5, 5.41) is 6.47. The molecular formula is C17H31ClN4O2. The molecule has 2 heterocycles. The maximum atomic E-state index is 12.8. The van der Waals surface area contributed by atoms with Crippen LogP contribution in [0.3, 0.4) is 0 Å². The molecule has 7 heteroatoms. The van der Waals surface area contributed by atoms with Crippen LogP contribution in [0.2, 0.25) is 0 Å². The first kappa shape index (κ1) is 19.3. The third-order valence-electron chi connectivity index (χ3n) is 5.52. The molecule has 3 rings (SSSR count). The number of carbonyl (C=O) groups excluding carboxylic acids is 2. The first-order valence-corrected chi connectivity index (χ1v) is 9.22. The normalized spacial score (nSPS) is 28.4. The van der Waals surface area contributed by atoms with Crippen molar-refractivity contribution in [2.24, 2.45) is 5.92 Å². The van der Waals surface area contributed by atoms with Crippen molar-refractivity contribution in [3.63, 3.8) is 0 Å². The van der Waals surface area contributed by atoms with Gasteiger partial charge in [-0.1, -0.05) is 12.8 Å². The SMILES string of the molecule is C[C@@H]1CNCCN1C(=O)C1CCCN(C(=O)NC2CCCC2)C1.Cl. The number of amides is 3. The first-order chi connectivity index (χ1) is 11.1. The van der Waals surface area contributed by atoms with E-state index in [1.807, 2.05) is 9.80 Å². The third kappa shape index (κ3) is 4.54. The summed E-state index contributed by atoms with van der Waals surface area (Å²) in [6, 6.07) is 0.619. The van der Waals surface area contributed by atoms with Crippen molar-refractivity contribution in [3.8, 4) is 0 Å². The molecule has 1 saturated carbocycles. The molecule has 0 spiro atoms. The summed E-state index contributed by atoms with van der Waals surface area (Å²) in [7, 11) is 0. The van der Waals surface area contributed by atoms with Gasteiger partial charge < -0.3 is 20.4 Å².